The van der Waals surface area contributed by atoms with Crippen LogP contribution in [-0.4, -0.2) is 59.8 Å². The van der Waals surface area contributed by atoms with Crippen molar-refractivity contribution in [2.75, 3.05) is 33.8 Å². The van der Waals surface area contributed by atoms with Gasteiger partial charge < -0.3 is 24.0 Å². The number of likely N-dealkylation sites (N-methyl/N-ethyl adjacent to an activating group) is 1. The summed E-state index contributed by atoms with van der Waals surface area (Å²) in [4.78, 5) is 33.6. The highest BCUT2D eigenvalue weighted by atomic mass is 16.5. The van der Waals surface area contributed by atoms with Crippen molar-refractivity contribution in [3.63, 3.8) is 0 Å². The van der Waals surface area contributed by atoms with Crippen LogP contribution in [0.1, 0.15) is 35.5 Å². The maximum atomic E-state index is 13.9. The van der Waals surface area contributed by atoms with Crippen molar-refractivity contribution >= 4 is 23.1 Å². The molecule has 0 saturated carbocycles. The summed E-state index contributed by atoms with van der Waals surface area (Å²) in [6, 6.07) is 10.2. The lowest BCUT2D eigenvalue weighted by Gasteiger charge is -2.27. The van der Waals surface area contributed by atoms with Crippen LogP contribution in [0, 0.1) is 13.8 Å². The van der Waals surface area contributed by atoms with E-state index in [2.05, 4.69) is 4.98 Å². The van der Waals surface area contributed by atoms with E-state index in [1.807, 2.05) is 52.2 Å². The van der Waals surface area contributed by atoms with Gasteiger partial charge in [0.05, 0.1) is 51.2 Å². The lowest BCUT2D eigenvalue weighted by atomic mass is 9.96. The second-order valence-electron chi connectivity index (χ2n) is 8.86. The summed E-state index contributed by atoms with van der Waals surface area (Å²) >= 11 is 0. The molecular weight excluding hydrogens is 432 g/mol. The Hall–Kier alpha value is -3.65. The molecule has 4 rings (SSSR count). The molecule has 0 bridgehead atoms. The largest absolute Gasteiger partial charge is 0.871 e. The first-order valence-electron chi connectivity index (χ1n) is 11.5. The van der Waals surface area contributed by atoms with E-state index in [-0.39, 0.29) is 5.57 Å². The van der Waals surface area contributed by atoms with Crippen molar-refractivity contribution in [2.45, 2.75) is 26.8 Å². The quantitative estimate of drug-likeness (QED) is 0.317. The van der Waals surface area contributed by atoms with Crippen LogP contribution >= 0.6 is 0 Å². The number of nitrogens with zero attached hydrogens (tertiary/aromatic N) is 3. The number of pyridine rings is 1. The molecule has 34 heavy (non-hydrogen) atoms. The molecule has 178 valence electrons. The molecule has 0 aliphatic carbocycles. The molecule has 2 aromatic heterocycles. The first kappa shape index (κ1) is 23.5. The highest BCUT2D eigenvalue weighted by Crippen LogP contribution is 2.39. The van der Waals surface area contributed by atoms with E-state index in [0.717, 1.165) is 10.5 Å². The minimum atomic E-state index is -0.766. The Morgan fingerprint density at radius 2 is 1.85 bits per heavy atom. The first-order chi connectivity index (χ1) is 16.2. The highest BCUT2D eigenvalue weighted by molar-refractivity contribution is 6.46. The topological polar surface area (TPSA) is 91.4 Å². The zero-order valence-corrected chi connectivity index (χ0v) is 20.2. The van der Waals surface area contributed by atoms with E-state index in [1.54, 1.807) is 29.7 Å². The van der Waals surface area contributed by atoms with Crippen LogP contribution in [0.2, 0.25) is 0 Å². The molecule has 3 aromatic rings. The van der Waals surface area contributed by atoms with E-state index in [4.69, 9.17) is 4.74 Å². The van der Waals surface area contributed by atoms with Gasteiger partial charge in [0.15, 0.2) is 0 Å². The van der Waals surface area contributed by atoms with E-state index in [0.29, 0.717) is 48.0 Å². The molecule has 1 aliphatic heterocycles. The normalized spacial score (nSPS) is 17.8. The Morgan fingerprint density at radius 3 is 2.50 bits per heavy atom. The SMILES string of the molecule is CCOc1ccc(C2C(=C([O-])c3c(C)nc4c(C)cccn34)C(=O)C(=O)N2CC[NH+](C)C)cc1. The third-order valence-corrected chi connectivity index (χ3v) is 6.12. The molecule has 8 heteroatoms. The number of ether oxygens (including phenoxy) is 1. The number of quaternary nitrogens is 1. The van der Waals surface area contributed by atoms with Crippen LogP contribution in [0.25, 0.3) is 11.4 Å². The molecule has 1 saturated heterocycles. The molecule has 0 radical (unpaired) electrons. The number of aryl methyl sites for hydroxylation is 2. The molecule has 1 unspecified atom stereocenters. The second kappa shape index (κ2) is 9.30. The molecule has 1 aromatic carbocycles. The summed E-state index contributed by atoms with van der Waals surface area (Å²) in [6.07, 6.45) is 1.76. The van der Waals surface area contributed by atoms with E-state index < -0.39 is 23.5 Å². The Bertz CT molecular complexity index is 1270. The number of ketones is 1. The van der Waals surface area contributed by atoms with Gasteiger partial charge in [0, 0.05) is 11.8 Å². The molecule has 1 amide bonds. The number of nitrogens with one attached hydrogen (secondary N) is 1. The zero-order valence-electron chi connectivity index (χ0n) is 20.2. The number of amides is 1. The summed E-state index contributed by atoms with van der Waals surface area (Å²) in [6.45, 7) is 7.09. The van der Waals surface area contributed by atoms with Gasteiger partial charge in [-0.05, 0) is 50.1 Å². The average Bonchev–Trinajstić information content (AvgIpc) is 3.27. The molecule has 3 heterocycles. The van der Waals surface area contributed by atoms with Gasteiger partial charge in [-0.2, -0.15) is 0 Å². The van der Waals surface area contributed by atoms with Crippen LogP contribution in [-0.2, 0) is 9.59 Å². The molecule has 1 atom stereocenters. The molecule has 0 spiro atoms. The number of benzene rings is 1. The Morgan fingerprint density at radius 1 is 1.15 bits per heavy atom. The minimum absolute atomic E-state index is 0.0330. The lowest BCUT2D eigenvalue weighted by Crippen LogP contribution is -3.06. The number of carbonyl (C=O) groups excluding carboxylic acids is 2. The number of imidazole rings is 1. The Balaban J connectivity index is 1.90. The van der Waals surface area contributed by atoms with Crippen molar-refractivity contribution in [1.29, 1.82) is 0 Å². The predicted molar refractivity (Wildman–Crippen MR) is 126 cm³/mol. The molecule has 1 aliphatic rings. The number of hydrogen-bond donors (Lipinski definition) is 1. The fourth-order valence-electron chi connectivity index (χ4n) is 4.42. The minimum Gasteiger partial charge on any atom is -0.871 e. The average molecular weight is 463 g/mol. The smallest absolute Gasteiger partial charge is 0.295 e. The van der Waals surface area contributed by atoms with E-state index >= 15 is 0 Å². The number of hydrogen-bond acceptors (Lipinski definition) is 5. The fourth-order valence-corrected chi connectivity index (χ4v) is 4.42. The van der Waals surface area contributed by atoms with Crippen LogP contribution in [0.3, 0.4) is 0 Å². The van der Waals surface area contributed by atoms with Gasteiger partial charge in [0.1, 0.15) is 11.4 Å². The van der Waals surface area contributed by atoms with Crippen molar-refractivity contribution in [1.82, 2.24) is 14.3 Å². The van der Waals surface area contributed by atoms with Gasteiger partial charge in [-0.25, -0.2) is 4.98 Å². The highest BCUT2D eigenvalue weighted by Gasteiger charge is 2.44. The molecule has 1 fully saturated rings. The lowest BCUT2D eigenvalue weighted by molar-refractivity contribution is -0.857. The summed E-state index contributed by atoms with van der Waals surface area (Å²) in [5.41, 5.74) is 3.07. The monoisotopic (exact) mass is 462 g/mol. The Kier molecular flexibility index (Phi) is 6.43. The number of Topliss-reactive ketones (excluding diaryl/α,β-unsaturated/α-hetero) is 1. The summed E-state index contributed by atoms with van der Waals surface area (Å²) < 4.78 is 7.25. The third-order valence-electron chi connectivity index (χ3n) is 6.12. The number of aromatic nitrogens is 2. The van der Waals surface area contributed by atoms with Crippen molar-refractivity contribution in [3.05, 3.63) is 70.7 Å². The van der Waals surface area contributed by atoms with Crippen molar-refractivity contribution in [3.8, 4) is 5.75 Å². The van der Waals surface area contributed by atoms with Gasteiger partial charge in [-0.3, -0.25) is 9.59 Å². The number of fused-ring (bicyclic) bond motifs is 1. The Labute approximate surface area is 199 Å². The number of carbonyl (C=O) groups is 2. The van der Waals surface area contributed by atoms with Crippen LogP contribution in [0.15, 0.2) is 48.2 Å². The maximum Gasteiger partial charge on any atom is 0.295 e. The number of rotatable bonds is 7. The van der Waals surface area contributed by atoms with E-state index in [1.165, 1.54) is 4.90 Å². The maximum absolute atomic E-state index is 13.9. The van der Waals surface area contributed by atoms with Gasteiger partial charge in [0.2, 0.25) is 5.78 Å². The first-order valence-corrected chi connectivity index (χ1v) is 11.5. The van der Waals surface area contributed by atoms with E-state index in [9.17, 15) is 14.7 Å². The predicted octanol–water partition coefficient (Wildman–Crippen LogP) is 0.718. The molecule has 8 nitrogen and oxygen atoms in total. The summed E-state index contributed by atoms with van der Waals surface area (Å²) in [5, 5.41) is 13.9. The third kappa shape index (κ3) is 4.05. The molecule has 1 N–H and O–H groups in total. The standard InChI is InChI=1S/C26H30N4O4/c1-6-34-19-11-9-18(10-12-19)22-20(24(32)26(33)30(22)15-14-28(4)5)23(31)21-17(3)27-25-16(2)8-7-13-29(21)25/h7-13,22,31H,6,14-15H2,1-5H3. The summed E-state index contributed by atoms with van der Waals surface area (Å²) in [5.74, 6) is -1.18. The van der Waals surface area contributed by atoms with Crippen molar-refractivity contribution < 1.29 is 24.3 Å². The van der Waals surface area contributed by atoms with Crippen LogP contribution < -0.4 is 14.7 Å². The van der Waals surface area contributed by atoms with Gasteiger partial charge in [0.25, 0.3) is 5.91 Å². The fraction of sp³-hybridized carbons (Fsp3) is 0.346. The van der Waals surface area contributed by atoms with Crippen LogP contribution in [0.4, 0.5) is 0 Å². The van der Waals surface area contributed by atoms with Gasteiger partial charge >= 0.3 is 0 Å². The second-order valence-corrected chi connectivity index (χ2v) is 8.86. The van der Waals surface area contributed by atoms with Crippen molar-refractivity contribution in [2.24, 2.45) is 0 Å². The van der Waals surface area contributed by atoms with Gasteiger partial charge in [-0.1, -0.05) is 24.0 Å². The summed E-state index contributed by atoms with van der Waals surface area (Å²) in [7, 11) is 3.96. The molecular formula is C26H30N4O4. The number of likely N-dealkylation sites (tertiary alicyclic amines) is 1. The zero-order chi connectivity index (χ0) is 24.6. The van der Waals surface area contributed by atoms with Crippen LogP contribution in [0.5, 0.6) is 5.75 Å². The van der Waals surface area contributed by atoms with Gasteiger partial charge in [-0.15, -0.1) is 0 Å².